The molecule has 0 radical (unpaired) electrons. The van der Waals surface area contributed by atoms with Gasteiger partial charge >= 0.3 is 5.97 Å². The van der Waals surface area contributed by atoms with Gasteiger partial charge in [-0.15, -0.1) is 0 Å². The van der Waals surface area contributed by atoms with Crippen molar-refractivity contribution in [3.63, 3.8) is 0 Å². The highest BCUT2D eigenvalue weighted by Crippen LogP contribution is 1.85. The number of nitrogens with two attached hydrogens (primary N) is 1. The molecular weight excluding hydrogens is 174 g/mol. The van der Waals surface area contributed by atoms with Gasteiger partial charge in [0, 0.05) is 11.8 Å². The molecule has 0 atom stereocenters. The number of amidine groups is 1. The van der Waals surface area contributed by atoms with E-state index in [1.54, 1.807) is 0 Å². The Kier molecular flexibility index (Phi) is 3.97. The number of oxime groups is 1. The second-order valence-corrected chi connectivity index (χ2v) is 1.57. The third-order valence-corrected chi connectivity index (χ3v) is 0.901. The summed E-state index contributed by atoms with van der Waals surface area (Å²) in [5.74, 6) is -1.75. The molecule has 6 nitrogen and oxygen atoms in total. The first-order valence-electron chi connectivity index (χ1n) is 2.42. The first-order valence-corrected chi connectivity index (χ1v) is 2.76. The maximum absolute atomic E-state index is 10.3. The molecule has 62 valence electrons. The second kappa shape index (κ2) is 4.51. The van der Waals surface area contributed by atoms with Crippen molar-refractivity contribution in [3.05, 3.63) is 0 Å². The standard InChI is InChI=1S/C4H6ClN3O3/c1-11-8-2(4(9)10)3(6)7-5/h1H3,(H2,6,7)(H,9,10). The Morgan fingerprint density at radius 2 is 2.27 bits per heavy atom. The van der Waals surface area contributed by atoms with Gasteiger partial charge < -0.3 is 15.7 Å². The van der Waals surface area contributed by atoms with Gasteiger partial charge in [0.15, 0.2) is 5.84 Å². The van der Waals surface area contributed by atoms with E-state index in [1.807, 2.05) is 0 Å². The molecule has 0 amide bonds. The lowest BCUT2D eigenvalue weighted by Gasteiger charge is -1.95. The zero-order valence-electron chi connectivity index (χ0n) is 5.61. The molecule has 0 aromatic heterocycles. The second-order valence-electron chi connectivity index (χ2n) is 1.40. The predicted octanol–water partition coefficient (Wildman–Crippen LogP) is -0.416. The average Bonchev–Trinajstić information content (AvgIpc) is 1.98. The van der Waals surface area contributed by atoms with Crippen molar-refractivity contribution in [3.8, 4) is 0 Å². The van der Waals surface area contributed by atoms with Gasteiger partial charge in [-0.3, -0.25) is 0 Å². The van der Waals surface area contributed by atoms with Gasteiger partial charge in [-0.2, -0.15) is 4.51 Å². The number of nitrogens with zero attached hydrogens (tertiary/aromatic N) is 2. The summed E-state index contributed by atoms with van der Waals surface area (Å²) in [5, 5.41) is 11.4. The van der Waals surface area contributed by atoms with Gasteiger partial charge in [-0.05, 0) is 0 Å². The van der Waals surface area contributed by atoms with Crippen LogP contribution in [0.25, 0.3) is 0 Å². The van der Waals surface area contributed by atoms with E-state index in [4.69, 9.17) is 22.6 Å². The molecular formula is C4H6ClN3O3. The van der Waals surface area contributed by atoms with Gasteiger partial charge in [0.1, 0.15) is 7.11 Å². The summed E-state index contributed by atoms with van der Waals surface area (Å²) in [5.41, 5.74) is 4.51. The SMILES string of the molecule is CON=C(C(=O)O)C(N)=NCl. The van der Waals surface area contributed by atoms with Gasteiger partial charge in [0.05, 0.1) is 0 Å². The fourth-order valence-corrected chi connectivity index (χ4v) is 0.407. The molecule has 0 aliphatic heterocycles. The van der Waals surface area contributed by atoms with Crippen molar-refractivity contribution in [2.45, 2.75) is 0 Å². The smallest absolute Gasteiger partial charge is 0.361 e. The maximum atomic E-state index is 10.3. The molecule has 7 heteroatoms. The Hall–Kier alpha value is -1.30. The minimum atomic E-state index is -1.35. The van der Waals surface area contributed by atoms with E-state index in [0.29, 0.717) is 0 Å². The molecule has 0 rings (SSSR count). The van der Waals surface area contributed by atoms with Crippen LogP contribution in [0, 0.1) is 0 Å². The van der Waals surface area contributed by atoms with Gasteiger partial charge in [-0.25, -0.2) is 4.79 Å². The van der Waals surface area contributed by atoms with Crippen LogP contribution >= 0.6 is 11.8 Å². The average molecular weight is 180 g/mol. The summed E-state index contributed by atoms with van der Waals surface area (Å²) >= 11 is 4.89. The van der Waals surface area contributed by atoms with Gasteiger partial charge in [0.25, 0.3) is 0 Å². The topological polar surface area (TPSA) is 97.3 Å². The molecule has 0 aromatic carbocycles. The summed E-state index contributed by atoms with van der Waals surface area (Å²) in [6.07, 6.45) is 0. The molecule has 0 bridgehead atoms. The lowest BCUT2D eigenvalue weighted by molar-refractivity contribution is -0.129. The van der Waals surface area contributed by atoms with E-state index in [2.05, 4.69) is 14.5 Å². The molecule has 11 heavy (non-hydrogen) atoms. The van der Waals surface area contributed by atoms with Crippen LogP contribution in [-0.2, 0) is 9.63 Å². The lowest BCUT2D eigenvalue weighted by Crippen LogP contribution is -2.30. The largest absolute Gasteiger partial charge is 0.476 e. The van der Waals surface area contributed by atoms with Crippen LogP contribution in [0.1, 0.15) is 0 Å². The summed E-state index contributed by atoms with van der Waals surface area (Å²) in [4.78, 5) is 14.4. The highest BCUT2D eigenvalue weighted by Gasteiger charge is 2.14. The van der Waals surface area contributed by atoms with Gasteiger partial charge in [0.2, 0.25) is 5.71 Å². The molecule has 3 N–H and O–H groups in total. The van der Waals surface area contributed by atoms with Crippen LogP contribution in [0.3, 0.4) is 0 Å². The third-order valence-electron chi connectivity index (χ3n) is 0.719. The fourth-order valence-electron chi connectivity index (χ4n) is 0.327. The molecule has 0 unspecified atom stereocenters. The van der Waals surface area contributed by atoms with E-state index in [1.165, 1.54) is 7.11 Å². The number of carbonyl (C=O) groups is 1. The number of hydrogen-bond acceptors (Lipinski definition) is 4. The lowest BCUT2D eigenvalue weighted by atomic mass is 10.4. The molecule has 0 heterocycles. The van der Waals surface area contributed by atoms with Crippen molar-refractivity contribution < 1.29 is 14.7 Å². The Labute approximate surface area is 67.4 Å². The van der Waals surface area contributed by atoms with Crippen LogP contribution in [0.4, 0.5) is 0 Å². The number of aliphatic carboxylic acids is 1. The van der Waals surface area contributed by atoms with Crippen LogP contribution < -0.4 is 5.73 Å². The molecule has 0 aliphatic carbocycles. The van der Waals surface area contributed by atoms with Gasteiger partial charge in [-0.1, -0.05) is 5.16 Å². The minimum absolute atomic E-state index is 0.402. The van der Waals surface area contributed by atoms with Crippen LogP contribution in [0.2, 0.25) is 0 Å². The first-order chi connectivity index (χ1) is 5.13. The van der Waals surface area contributed by atoms with Crippen LogP contribution in [-0.4, -0.2) is 29.7 Å². The highest BCUT2D eigenvalue weighted by atomic mass is 35.5. The van der Waals surface area contributed by atoms with Crippen molar-refractivity contribution >= 4 is 29.3 Å². The Morgan fingerprint density at radius 3 is 2.55 bits per heavy atom. The normalized spacial score (nSPS) is 12.9. The summed E-state index contributed by atoms with van der Waals surface area (Å²) in [6, 6.07) is 0. The monoisotopic (exact) mass is 179 g/mol. The minimum Gasteiger partial charge on any atom is -0.476 e. The van der Waals surface area contributed by atoms with E-state index in [9.17, 15) is 4.79 Å². The first kappa shape index (κ1) is 9.70. The van der Waals surface area contributed by atoms with E-state index in [0.717, 1.165) is 0 Å². The predicted molar refractivity (Wildman–Crippen MR) is 39.6 cm³/mol. The Bertz CT molecular complexity index is 213. The number of hydrogen-bond donors (Lipinski definition) is 2. The number of carboxylic acid groups (broad SMARTS) is 1. The molecule has 0 spiro atoms. The van der Waals surface area contributed by atoms with Crippen molar-refractivity contribution in [1.29, 1.82) is 0 Å². The summed E-state index contributed by atoms with van der Waals surface area (Å²) in [6.45, 7) is 0. The van der Waals surface area contributed by atoms with Crippen molar-refractivity contribution in [2.24, 2.45) is 15.4 Å². The van der Waals surface area contributed by atoms with Crippen LogP contribution in [0.5, 0.6) is 0 Å². The molecule has 0 aliphatic rings. The van der Waals surface area contributed by atoms with Crippen molar-refractivity contribution in [1.82, 2.24) is 0 Å². The van der Waals surface area contributed by atoms with Crippen LogP contribution in [0.15, 0.2) is 9.67 Å². The fraction of sp³-hybridized carbons (Fsp3) is 0.250. The Balaban J connectivity index is 4.62. The van der Waals surface area contributed by atoms with E-state index in [-0.39, 0.29) is 0 Å². The molecule has 0 aromatic rings. The third kappa shape index (κ3) is 2.85. The number of rotatable bonds is 3. The number of halogens is 1. The zero-order chi connectivity index (χ0) is 8.85. The summed E-state index contributed by atoms with van der Waals surface area (Å²) < 4.78 is 2.90. The zero-order valence-corrected chi connectivity index (χ0v) is 6.37. The molecule has 0 saturated heterocycles. The quantitative estimate of drug-likeness (QED) is 0.349. The molecule has 0 saturated carbocycles. The maximum Gasteiger partial charge on any atom is 0.361 e. The van der Waals surface area contributed by atoms with E-state index < -0.39 is 17.5 Å². The van der Waals surface area contributed by atoms with Crippen molar-refractivity contribution in [2.75, 3.05) is 7.11 Å². The molecule has 0 fully saturated rings. The number of carboxylic acids is 1. The highest BCUT2D eigenvalue weighted by molar-refractivity contribution is 6.65. The Morgan fingerprint density at radius 1 is 1.73 bits per heavy atom. The van der Waals surface area contributed by atoms with E-state index >= 15 is 0 Å². The summed E-state index contributed by atoms with van der Waals surface area (Å²) in [7, 11) is 1.18.